The summed E-state index contributed by atoms with van der Waals surface area (Å²) in [4.78, 5) is 10.3. The molecule has 0 bridgehead atoms. The van der Waals surface area contributed by atoms with Gasteiger partial charge in [-0.1, -0.05) is 0 Å². The molecule has 0 radical (unpaired) electrons. The first-order chi connectivity index (χ1) is 6.63. The Morgan fingerprint density at radius 1 is 1.50 bits per heavy atom. The van der Waals surface area contributed by atoms with E-state index in [1.165, 1.54) is 19.1 Å². The maximum Gasteiger partial charge on any atom is 0.135 e. The molecule has 0 spiro atoms. The molecule has 0 N–H and O–H groups in total. The van der Waals surface area contributed by atoms with Crippen LogP contribution < -0.4 is 9.84 Å². The van der Waals surface area contributed by atoms with E-state index in [0.29, 0.717) is 11.3 Å². The maximum atomic E-state index is 10.3. The lowest BCUT2D eigenvalue weighted by Gasteiger charge is -2.14. The molecule has 14 heavy (non-hydrogen) atoms. The lowest BCUT2D eigenvalue weighted by Crippen LogP contribution is -2.37. The third-order valence-corrected chi connectivity index (χ3v) is 1.63. The van der Waals surface area contributed by atoms with Gasteiger partial charge >= 0.3 is 0 Å². The lowest BCUT2D eigenvalue weighted by atomic mass is 10.2. The molecular formula is C10H8NO3-. The van der Waals surface area contributed by atoms with Crippen LogP contribution in [0.3, 0.4) is 0 Å². The van der Waals surface area contributed by atoms with Crippen molar-refractivity contribution in [3.05, 3.63) is 29.8 Å². The summed E-state index contributed by atoms with van der Waals surface area (Å²) in [5.41, 5.74) is 0.499. The number of carboxylic acid groups (broad SMARTS) is 1. The molecule has 0 aromatic heterocycles. The van der Waals surface area contributed by atoms with Gasteiger partial charge in [-0.2, -0.15) is 5.26 Å². The van der Waals surface area contributed by atoms with Crippen LogP contribution in [0.25, 0.3) is 0 Å². The zero-order chi connectivity index (χ0) is 10.6. The summed E-state index contributed by atoms with van der Waals surface area (Å²) in [6.45, 7) is 1.38. The van der Waals surface area contributed by atoms with E-state index in [-0.39, 0.29) is 0 Å². The molecule has 0 saturated heterocycles. The fraction of sp³-hybridized carbons (Fsp3) is 0.200. The Hall–Kier alpha value is -2.02. The summed E-state index contributed by atoms with van der Waals surface area (Å²) in [7, 11) is 0. The van der Waals surface area contributed by atoms with Crippen molar-refractivity contribution in [2.75, 3.05) is 0 Å². The summed E-state index contributed by atoms with van der Waals surface area (Å²) in [6, 6.07) is 8.13. The number of carboxylic acids is 1. The van der Waals surface area contributed by atoms with Crippen LogP contribution >= 0.6 is 0 Å². The molecule has 0 saturated carbocycles. The Balaban J connectivity index is 2.70. The van der Waals surface area contributed by atoms with Gasteiger partial charge in [-0.25, -0.2) is 0 Å². The number of benzene rings is 1. The molecule has 0 aliphatic carbocycles. The van der Waals surface area contributed by atoms with Crippen molar-refractivity contribution in [3.63, 3.8) is 0 Å². The molecule has 0 aliphatic heterocycles. The van der Waals surface area contributed by atoms with Crippen LogP contribution in [-0.2, 0) is 4.79 Å². The summed E-state index contributed by atoms with van der Waals surface area (Å²) in [5.74, 6) is -0.866. The molecule has 0 fully saturated rings. The van der Waals surface area contributed by atoms with Gasteiger partial charge in [0.15, 0.2) is 0 Å². The minimum atomic E-state index is -1.27. The van der Waals surface area contributed by atoms with Gasteiger partial charge in [-0.15, -0.1) is 0 Å². The van der Waals surface area contributed by atoms with Gasteiger partial charge in [0, 0.05) is 0 Å². The van der Waals surface area contributed by atoms with E-state index in [9.17, 15) is 9.90 Å². The fourth-order valence-electron chi connectivity index (χ4n) is 0.860. The van der Waals surface area contributed by atoms with Crippen LogP contribution in [0.4, 0.5) is 0 Å². The van der Waals surface area contributed by atoms with E-state index >= 15 is 0 Å². The second-order valence-corrected chi connectivity index (χ2v) is 2.72. The highest BCUT2D eigenvalue weighted by Gasteiger charge is 2.03. The maximum absolute atomic E-state index is 10.3. The molecular weight excluding hydrogens is 182 g/mol. The first-order valence-corrected chi connectivity index (χ1v) is 4.01. The molecule has 1 aromatic carbocycles. The molecule has 1 atom stereocenters. The second kappa shape index (κ2) is 4.28. The molecule has 72 valence electrons. The predicted molar refractivity (Wildman–Crippen MR) is 46.3 cm³/mol. The first kappa shape index (κ1) is 10.1. The van der Waals surface area contributed by atoms with Gasteiger partial charge in [-0.3, -0.25) is 0 Å². The Bertz CT molecular complexity index is 364. The number of nitrogens with zero attached hydrogens (tertiary/aromatic N) is 1. The monoisotopic (exact) mass is 190 g/mol. The Morgan fingerprint density at radius 2 is 2.07 bits per heavy atom. The number of hydrogen-bond donors (Lipinski definition) is 0. The third-order valence-electron chi connectivity index (χ3n) is 1.63. The number of carbonyl (C=O) groups is 1. The number of rotatable bonds is 3. The van der Waals surface area contributed by atoms with E-state index < -0.39 is 12.1 Å². The van der Waals surface area contributed by atoms with Crippen LogP contribution in [0.2, 0.25) is 0 Å². The fourth-order valence-corrected chi connectivity index (χ4v) is 0.860. The minimum absolute atomic E-state index is 0.403. The summed E-state index contributed by atoms with van der Waals surface area (Å²) in [6.07, 6.45) is -0.997. The van der Waals surface area contributed by atoms with Crippen LogP contribution in [-0.4, -0.2) is 12.1 Å². The Morgan fingerprint density at radius 3 is 2.50 bits per heavy atom. The van der Waals surface area contributed by atoms with Gasteiger partial charge in [0.05, 0.1) is 17.6 Å². The SMILES string of the molecule is C[C@H](Oc1ccc(C#N)cc1)C(=O)[O-]. The highest BCUT2D eigenvalue weighted by molar-refractivity contribution is 5.69. The minimum Gasteiger partial charge on any atom is -0.546 e. The van der Waals surface area contributed by atoms with Gasteiger partial charge in [-0.05, 0) is 31.2 Å². The first-order valence-electron chi connectivity index (χ1n) is 4.01. The van der Waals surface area contributed by atoms with E-state index in [4.69, 9.17) is 10.00 Å². The van der Waals surface area contributed by atoms with Gasteiger partial charge in [0.25, 0.3) is 0 Å². The molecule has 1 rings (SSSR count). The zero-order valence-corrected chi connectivity index (χ0v) is 7.56. The second-order valence-electron chi connectivity index (χ2n) is 2.72. The van der Waals surface area contributed by atoms with Crippen molar-refractivity contribution in [3.8, 4) is 11.8 Å². The number of hydrogen-bond acceptors (Lipinski definition) is 4. The molecule has 0 amide bonds. The molecule has 0 aliphatic rings. The molecule has 4 heteroatoms. The largest absolute Gasteiger partial charge is 0.546 e. The molecule has 0 unspecified atom stereocenters. The normalized spacial score (nSPS) is 11.4. The van der Waals surface area contributed by atoms with Gasteiger partial charge in [0.1, 0.15) is 11.9 Å². The number of ether oxygens (including phenoxy) is 1. The average Bonchev–Trinajstić information content (AvgIpc) is 2.19. The van der Waals surface area contributed by atoms with E-state index in [1.54, 1.807) is 12.1 Å². The van der Waals surface area contributed by atoms with E-state index in [1.807, 2.05) is 6.07 Å². The van der Waals surface area contributed by atoms with Crippen LogP contribution in [0.1, 0.15) is 12.5 Å². The molecule has 0 heterocycles. The van der Waals surface area contributed by atoms with Crippen molar-refractivity contribution in [2.24, 2.45) is 0 Å². The highest BCUT2D eigenvalue weighted by Crippen LogP contribution is 2.12. The number of carbonyl (C=O) groups excluding carboxylic acids is 1. The van der Waals surface area contributed by atoms with Crippen molar-refractivity contribution >= 4 is 5.97 Å². The Kier molecular flexibility index (Phi) is 3.08. The van der Waals surface area contributed by atoms with Crippen molar-refractivity contribution in [1.82, 2.24) is 0 Å². The van der Waals surface area contributed by atoms with E-state index in [2.05, 4.69) is 0 Å². The van der Waals surface area contributed by atoms with Crippen molar-refractivity contribution in [2.45, 2.75) is 13.0 Å². The molecule has 4 nitrogen and oxygen atoms in total. The van der Waals surface area contributed by atoms with Gasteiger partial charge in [0.2, 0.25) is 0 Å². The Labute approximate surface area is 81.4 Å². The molecule has 1 aromatic rings. The smallest absolute Gasteiger partial charge is 0.135 e. The predicted octanol–water partition coefficient (Wildman–Crippen LogP) is 0.0755. The topological polar surface area (TPSA) is 73.1 Å². The van der Waals surface area contributed by atoms with Gasteiger partial charge < -0.3 is 14.6 Å². The van der Waals surface area contributed by atoms with Crippen LogP contribution in [0.15, 0.2) is 24.3 Å². The summed E-state index contributed by atoms with van der Waals surface area (Å²) >= 11 is 0. The highest BCUT2D eigenvalue weighted by atomic mass is 16.5. The van der Waals surface area contributed by atoms with Crippen LogP contribution in [0, 0.1) is 11.3 Å². The zero-order valence-electron chi connectivity index (χ0n) is 7.56. The summed E-state index contributed by atoms with van der Waals surface area (Å²) < 4.78 is 5.00. The van der Waals surface area contributed by atoms with E-state index in [0.717, 1.165) is 0 Å². The van der Waals surface area contributed by atoms with Crippen LogP contribution in [0.5, 0.6) is 5.75 Å². The quantitative estimate of drug-likeness (QED) is 0.676. The summed E-state index contributed by atoms with van der Waals surface area (Å²) in [5, 5.41) is 18.8. The number of nitriles is 1. The average molecular weight is 190 g/mol. The lowest BCUT2D eigenvalue weighted by molar-refractivity contribution is -0.312. The number of aliphatic carboxylic acids is 1. The van der Waals surface area contributed by atoms with Crippen molar-refractivity contribution < 1.29 is 14.6 Å². The standard InChI is InChI=1S/C10H9NO3/c1-7(10(12)13)14-9-4-2-8(6-11)3-5-9/h2-5,7H,1H3,(H,12,13)/p-1/t7-/m0/s1. The third kappa shape index (κ3) is 2.49. The van der Waals surface area contributed by atoms with Crippen molar-refractivity contribution in [1.29, 1.82) is 5.26 Å².